The van der Waals surface area contributed by atoms with Gasteiger partial charge >= 0.3 is 0 Å². The number of halogens is 1. The van der Waals surface area contributed by atoms with Crippen LogP contribution in [0.4, 0.5) is 5.82 Å². The summed E-state index contributed by atoms with van der Waals surface area (Å²) in [7, 11) is 1.76. The van der Waals surface area contributed by atoms with Crippen LogP contribution in [0.15, 0.2) is 36.5 Å². The van der Waals surface area contributed by atoms with Gasteiger partial charge in [-0.05, 0) is 43.0 Å². The molecule has 5 heteroatoms. The van der Waals surface area contributed by atoms with Crippen LogP contribution in [-0.4, -0.2) is 29.8 Å². The second-order valence-electron chi connectivity index (χ2n) is 6.82. The lowest BCUT2D eigenvalue weighted by Crippen LogP contribution is -2.31. The molecule has 138 valence electrons. The molecule has 0 radical (unpaired) electrons. The summed E-state index contributed by atoms with van der Waals surface area (Å²) in [6.07, 6.45) is 3.02. The van der Waals surface area contributed by atoms with E-state index in [1.54, 1.807) is 7.11 Å². The first-order chi connectivity index (χ1) is 12.2. The second kappa shape index (κ2) is 7.68. The van der Waals surface area contributed by atoms with Crippen LogP contribution < -0.4 is 4.90 Å². The van der Waals surface area contributed by atoms with Gasteiger partial charge in [-0.1, -0.05) is 24.3 Å². The summed E-state index contributed by atoms with van der Waals surface area (Å²) < 4.78 is 7.66. The van der Waals surface area contributed by atoms with Gasteiger partial charge in [0.05, 0.1) is 12.1 Å². The van der Waals surface area contributed by atoms with Gasteiger partial charge in [0, 0.05) is 44.0 Å². The maximum Gasteiger partial charge on any atom is 0.138 e. The Kier molecular flexibility index (Phi) is 5.54. The standard InChI is InChI=1S/C21H25N3O.ClH/c1-15-16(2)24(12-13-25-3)19-8-10-22-21(20(15)19)23-11-9-17-6-4-5-7-18(17)14-23;/h4-8,10H,9,11-14H2,1-3H3;1H. The number of anilines is 1. The SMILES string of the molecule is COCCn1c(C)c(C)c2c(N3CCc4ccccc4C3)nccc21.Cl. The van der Waals surface area contributed by atoms with E-state index in [2.05, 4.69) is 53.6 Å². The predicted octanol–water partition coefficient (Wildman–Crippen LogP) is 4.28. The van der Waals surface area contributed by atoms with E-state index in [9.17, 15) is 0 Å². The Morgan fingerprint density at radius 1 is 1.12 bits per heavy atom. The van der Waals surface area contributed by atoms with Gasteiger partial charge in [0.1, 0.15) is 5.82 Å². The van der Waals surface area contributed by atoms with E-state index in [0.29, 0.717) is 0 Å². The van der Waals surface area contributed by atoms with Gasteiger partial charge in [-0.15, -0.1) is 12.4 Å². The molecule has 0 fully saturated rings. The zero-order valence-electron chi connectivity index (χ0n) is 15.7. The summed E-state index contributed by atoms with van der Waals surface area (Å²) in [5, 5.41) is 1.29. The van der Waals surface area contributed by atoms with Crippen molar-refractivity contribution in [2.75, 3.05) is 25.2 Å². The van der Waals surface area contributed by atoms with E-state index in [1.807, 2.05) is 6.20 Å². The maximum absolute atomic E-state index is 5.30. The van der Waals surface area contributed by atoms with E-state index in [-0.39, 0.29) is 12.4 Å². The molecule has 2 aromatic heterocycles. The first-order valence-electron chi connectivity index (χ1n) is 8.95. The Morgan fingerprint density at radius 2 is 1.88 bits per heavy atom. The molecule has 1 aliphatic heterocycles. The zero-order valence-corrected chi connectivity index (χ0v) is 16.5. The number of nitrogens with zero attached hydrogens (tertiary/aromatic N) is 3. The van der Waals surface area contributed by atoms with Gasteiger partial charge in [-0.3, -0.25) is 0 Å². The van der Waals surface area contributed by atoms with Crippen LogP contribution in [0.25, 0.3) is 10.9 Å². The average molecular weight is 372 g/mol. The highest BCUT2D eigenvalue weighted by Crippen LogP contribution is 2.34. The lowest BCUT2D eigenvalue weighted by molar-refractivity contribution is 0.188. The molecule has 0 aliphatic carbocycles. The number of fused-ring (bicyclic) bond motifs is 2. The Morgan fingerprint density at radius 3 is 2.65 bits per heavy atom. The first kappa shape index (κ1) is 18.7. The van der Waals surface area contributed by atoms with Crippen molar-refractivity contribution < 1.29 is 4.74 Å². The highest BCUT2D eigenvalue weighted by molar-refractivity contribution is 5.94. The van der Waals surface area contributed by atoms with Crippen LogP contribution in [0.1, 0.15) is 22.4 Å². The molecule has 1 aromatic carbocycles. The third kappa shape index (κ3) is 3.08. The van der Waals surface area contributed by atoms with Crippen LogP contribution in [0.5, 0.6) is 0 Å². The van der Waals surface area contributed by atoms with Gasteiger partial charge in [0.15, 0.2) is 0 Å². The molecule has 3 aromatic rings. The highest BCUT2D eigenvalue weighted by atomic mass is 35.5. The molecule has 4 nitrogen and oxygen atoms in total. The molecule has 0 N–H and O–H groups in total. The van der Waals surface area contributed by atoms with Gasteiger partial charge in [0.2, 0.25) is 0 Å². The molecule has 1 aliphatic rings. The van der Waals surface area contributed by atoms with Crippen molar-refractivity contribution in [1.29, 1.82) is 0 Å². The molecule has 0 spiro atoms. The number of methoxy groups -OCH3 is 1. The summed E-state index contributed by atoms with van der Waals surface area (Å²) in [6.45, 7) is 7.96. The Balaban J connectivity index is 0.00000196. The van der Waals surface area contributed by atoms with Gasteiger partial charge in [0.25, 0.3) is 0 Å². The van der Waals surface area contributed by atoms with Gasteiger partial charge in [-0.25, -0.2) is 4.98 Å². The molecule has 0 atom stereocenters. The molecule has 0 amide bonds. The molecule has 26 heavy (non-hydrogen) atoms. The molecular weight excluding hydrogens is 346 g/mol. The van der Waals surface area contributed by atoms with Crippen LogP contribution >= 0.6 is 12.4 Å². The maximum atomic E-state index is 5.30. The van der Waals surface area contributed by atoms with Crippen LogP contribution in [0.3, 0.4) is 0 Å². The molecular formula is C21H26ClN3O. The average Bonchev–Trinajstić information content (AvgIpc) is 2.90. The van der Waals surface area contributed by atoms with Crippen molar-refractivity contribution in [1.82, 2.24) is 9.55 Å². The largest absolute Gasteiger partial charge is 0.383 e. The quantitative estimate of drug-likeness (QED) is 0.685. The summed E-state index contributed by atoms with van der Waals surface area (Å²) in [6, 6.07) is 10.9. The summed E-state index contributed by atoms with van der Waals surface area (Å²) in [4.78, 5) is 7.21. The second-order valence-corrected chi connectivity index (χ2v) is 6.82. The Bertz CT molecular complexity index is 919. The summed E-state index contributed by atoms with van der Waals surface area (Å²) in [5.41, 5.74) is 6.78. The molecule has 3 heterocycles. The van der Waals surface area contributed by atoms with Crippen molar-refractivity contribution in [3.8, 4) is 0 Å². The minimum Gasteiger partial charge on any atom is -0.383 e. The van der Waals surface area contributed by atoms with Crippen LogP contribution in [0.2, 0.25) is 0 Å². The highest BCUT2D eigenvalue weighted by Gasteiger charge is 2.22. The third-order valence-electron chi connectivity index (χ3n) is 5.47. The van der Waals surface area contributed by atoms with Gasteiger partial charge in [-0.2, -0.15) is 0 Å². The van der Waals surface area contributed by atoms with Crippen molar-refractivity contribution in [3.05, 3.63) is 58.9 Å². The number of ether oxygens (including phenoxy) is 1. The van der Waals surface area contributed by atoms with Gasteiger partial charge < -0.3 is 14.2 Å². The molecule has 0 unspecified atom stereocenters. The fraction of sp³-hybridized carbons (Fsp3) is 0.381. The predicted molar refractivity (Wildman–Crippen MR) is 110 cm³/mol. The molecule has 0 bridgehead atoms. The van der Waals surface area contributed by atoms with Crippen molar-refractivity contribution in [2.24, 2.45) is 0 Å². The van der Waals surface area contributed by atoms with E-state index >= 15 is 0 Å². The number of hydrogen-bond donors (Lipinski definition) is 0. The lowest BCUT2D eigenvalue weighted by Gasteiger charge is -2.30. The third-order valence-corrected chi connectivity index (χ3v) is 5.47. The first-order valence-corrected chi connectivity index (χ1v) is 8.95. The number of pyridine rings is 1. The zero-order chi connectivity index (χ0) is 17.4. The van der Waals surface area contributed by atoms with Crippen molar-refractivity contribution in [2.45, 2.75) is 33.4 Å². The van der Waals surface area contributed by atoms with E-state index < -0.39 is 0 Å². The van der Waals surface area contributed by atoms with Crippen LogP contribution in [-0.2, 0) is 24.2 Å². The topological polar surface area (TPSA) is 30.3 Å². The lowest BCUT2D eigenvalue weighted by atomic mass is 9.99. The van der Waals surface area contributed by atoms with E-state index in [0.717, 1.165) is 38.5 Å². The Labute approximate surface area is 161 Å². The minimum atomic E-state index is 0. The molecule has 0 saturated heterocycles. The fourth-order valence-corrected chi connectivity index (χ4v) is 3.98. The number of aromatic nitrogens is 2. The number of hydrogen-bond acceptors (Lipinski definition) is 3. The fourth-order valence-electron chi connectivity index (χ4n) is 3.98. The smallest absolute Gasteiger partial charge is 0.138 e. The van der Waals surface area contributed by atoms with E-state index in [1.165, 1.54) is 33.3 Å². The Hall–Kier alpha value is -2.04. The normalized spacial score (nSPS) is 13.6. The number of benzene rings is 1. The van der Waals surface area contributed by atoms with Crippen molar-refractivity contribution in [3.63, 3.8) is 0 Å². The summed E-state index contributed by atoms with van der Waals surface area (Å²) in [5.74, 6) is 1.11. The molecule has 0 saturated carbocycles. The molecule has 4 rings (SSSR count). The van der Waals surface area contributed by atoms with E-state index in [4.69, 9.17) is 9.72 Å². The number of rotatable bonds is 4. The van der Waals surface area contributed by atoms with Crippen molar-refractivity contribution >= 4 is 29.1 Å². The summed E-state index contributed by atoms with van der Waals surface area (Å²) >= 11 is 0. The number of aryl methyl sites for hydroxylation is 1. The monoisotopic (exact) mass is 371 g/mol. The van der Waals surface area contributed by atoms with Crippen LogP contribution in [0, 0.1) is 13.8 Å². The minimum absolute atomic E-state index is 0.